The van der Waals surface area contributed by atoms with Gasteiger partial charge < -0.3 is 153 Å². The third-order valence-corrected chi connectivity index (χ3v) is 21.1. The van der Waals surface area contributed by atoms with Gasteiger partial charge in [0.1, 0.15) is 134 Å². The van der Waals surface area contributed by atoms with Crippen molar-refractivity contribution in [1.29, 1.82) is 0 Å². The van der Waals surface area contributed by atoms with E-state index in [1.165, 1.54) is 7.11 Å². The highest BCUT2D eigenvalue weighted by molar-refractivity contribution is 5.77. The fourth-order valence-corrected chi connectivity index (χ4v) is 16.3. The quantitative estimate of drug-likeness (QED) is 0.0344. The van der Waals surface area contributed by atoms with E-state index in [1.54, 1.807) is 6.92 Å². The zero-order chi connectivity index (χ0) is 63.9. The maximum atomic E-state index is 15.3. The van der Waals surface area contributed by atoms with Crippen LogP contribution in [0.25, 0.3) is 0 Å². The molecule has 88 heavy (non-hydrogen) atoms. The summed E-state index contributed by atoms with van der Waals surface area (Å²) in [7, 11) is 1.30. The molecule has 0 aromatic heterocycles. The molecule has 0 amide bonds. The summed E-state index contributed by atoms with van der Waals surface area (Å²) in [4.78, 5) is 15.3. The number of hydrogen-bond acceptors (Lipinski definition) is 32. The Hall–Kier alpha value is -1.99. The third kappa shape index (κ3) is 12.2. The van der Waals surface area contributed by atoms with E-state index in [2.05, 4.69) is 13.5 Å². The number of ether oxygens (including phenoxy) is 13. The first-order chi connectivity index (χ1) is 41.7. The number of carbonyl (C=O) groups is 1. The minimum atomic E-state index is -2.02. The highest BCUT2D eigenvalue weighted by Crippen LogP contribution is 2.74. The molecule has 32 nitrogen and oxygen atoms in total. The summed E-state index contributed by atoms with van der Waals surface area (Å²) in [5.74, 6) is -1.32. The van der Waals surface area contributed by atoms with Crippen molar-refractivity contribution in [2.45, 2.75) is 255 Å². The highest BCUT2D eigenvalue weighted by atomic mass is 16.8. The molecule has 30 unspecified atom stereocenters. The smallest absolute Gasteiger partial charge is 0.314 e. The van der Waals surface area contributed by atoms with Crippen LogP contribution >= 0.6 is 0 Å². The van der Waals surface area contributed by atoms with Gasteiger partial charge in [0.2, 0.25) is 6.29 Å². The number of fused-ring (bicyclic) bond motifs is 3. The van der Waals surface area contributed by atoms with Crippen molar-refractivity contribution in [2.24, 2.45) is 28.1 Å². The Morgan fingerprint density at radius 3 is 1.48 bits per heavy atom. The molecule has 10 fully saturated rings. The lowest BCUT2D eigenvalue weighted by molar-refractivity contribution is -0.400. The van der Waals surface area contributed by atoms with Crippen LogP contribution in [0.2, 0.25) is 0 Å². The summed E-state index contributed by atoms with van der Waals surface area (Å²) in [6.07, 6.45) is -47.8. The average Bonchev–Trinajstić information content (AvgIpc) is 1.41. The minimum absolute atomic E-state index is 0.121. The van der Waals surface area contributed by atoms with Gasteiger partial charge in [-0.15, -0.1) is 0 Å². The molecule has 6 heterocycles. The fourth-order valence-electron chi connectivity index (χ4n) is 16.3. The summed E-state index contributed by atoms with van der Waals surface area (Å²) in [5, 5.41) is 195. The Morgan fingerprint density at radius 2 is 0.943 bits per heavy atom. The van der Waals surface area contributed by atoms with E-state index in [4.69, 9.17) is 61.6 Å². The number of hydrogen-bond donors (Lipinski definition) is 18. The van der Waals surface area contributed by atoms with Gasteiger partial charge >= 0.3 is 5.97 Å². The van der Waals surface area contributed by atoms with Gasteiger partial charge in [0, 0.05) is 7.11 Å². The Bertz CT molecular complexity index is 2360. The first-order valence-corrected chi connectivity index (χ1v) is 30.2. The lowest BCUT2D eigenvalue weighted by atomic mass is 9.41. The summed E-state index contributed by atoms with van der Waals surface area (Å²) >= 11 is 0. The van der Waals surface area contributed by atoms with Gasteiger partial charge in [-0.05, 0) is 86.5 Å². The van der Waals surface area contributed by atoms with Crippen LogP contribution in [-0.2, 0) is 66.4 Å². The number of esters is 1. The van der Waals surface area contributed by atoms with Crippen molar-refractivity contribution in [1.82, 2.24) is 0 Å². The minimum Gasteiger partial charge on any atom is -0.432 e. The second-order valence-electron chi connectivity index (χ2n) is 26.2. The normalized spacial score (nSPS) is 54.1. The van der Waals surface area contributed by atoms with Crippen molar-refractivity contribution in [3.63, 3.8) is 0 Å². The van der Waals surface area contributed by atoms with Gasteiger partial charge in [0.15, 0.2) is 37.6 Å². The second kappa shape index (κ2) is 27.0. The number of aliphatic hydroxyl groups is 18. The number of rotatable bonds is 18. The van der Waals surface area contributed by atoms with Crippen molar-refractivity contribution < 1.29 is 158 Å². The molecule has 32 heteroatoms. The molecule has 10 rings (SSSR count). The van der Waals surface area contributed by atoms with Gasteiger partial charge in [0.05, 0.1) is 50.7 Å². The van der Waals surface area contributed by atoms with Crippen molar-refractivity contribution >= 4 is 5.97 Å². The van der Waals surface area contributed by atoms with Gasteiger partial charge in [-0.2, -0.15) is 0 Å². The molecule has 1 spiro atoms. The average molecular weight is 1280 g/mol. The molecule has 506 valence electrons. The molecule has 18 N–H and O–H groups in total. The molecule has 0 aromatic rings. The Balaban J connectivity index is 0.916. The van der Waals surface area contributed by atoms with Crippen LogP contribution in [0, 0.1) is 28.1 Å². The lowest BCUT2D eigenvalue weighted by Gasteiger charge is -2.64. The second-order valence-corrected chi connectivity index (χ2v) is 26.2. The van der Waals surface area contributed by atoms with E-state index < -0.39 is 245 Å². The third-order valence-electron chi connectivity index (χ3n) is 21.1. The van der Waals surface area contributed by atoms with Gasteiger partial charge in [0.25, 0.3) is 0 Å². The first-order valence-electron chi connectivity index (χ1n) is 30.2. The van der Waals surface area contributed by atoms with E-state index in [0.717, 1.165) is 0 Å². The van der Waals surface area contributed by atoms with Crippen LogP contribution in [0.5, 0.6) is 0 Å². The molecule has 0 radical (unpaired) electrons. The largest absolute Gasteiger partial charge is 0.432 e. The van der Waals surface area contributed by atoms with Crippen LogP contribution in [-0.4, -0.2) is 328 Å². The van der Waals surface area contributed by atoms with E-state index in [-0.39, 0.29) is 18.9 Å². The Kier molecular flexibility index (Phi) is 21.1. The number of methoxy groups -OCH3 is 1. The highest BCUT2D eigenvalue weighted by Gasteiger charge is 2.70. The zero-order valence-corrected chi connectivity index (χ0v) is 49.0. The molecule has 4 saturated carbocycles. The maximum Gasteiger partial charge on any atom is 0.314 e. The molecule has 0 aromatic carbocycles. The molecule has 4 aliphatic carbocycles. The van der Waals surface area contributed by atoms with E-state index in [0.29, 0.717) is 56.9 Å². The zero-order valence-electron chi connectivity index (χ0n) is 49.0. The van der Waals surface area contributed by atoms with E-state index in [9.17, 15) is 91.9 Å². The molecule has 6 aliphatic heterocycles. The predicted octanol–water partition coefficient (Wildman–Crippen LogP) is -8.17. The molecular weight excluding hydrogens is 1180 g/mol. The fraction of sp³-hybridized carbons (Fsp3) is 0.946. The summed E-state index contributed by atoms with van der Waals surface area (Å²) in [6.45, 7) is 4.14. The van der Waals surface area contributed by atoms with Crippen molar-refractivity contribution in [3.05, 3.63) is 12.2 Å². The van der Waals surface area contributed by atoms with Crippen LogP contribution in [0.1, 0.15) is 71.6 Å². The van der Waals surface area contributed by atoms with Crippen LogP contribution in [0.4, 0.5) is 0 Å². The lowest BCUT2D eigenvalue weighted by Crippen LogP contribution is -2.68. The summed E-state index contributed by atoms with van der Waals surface area (Å²) < 4.78 is 78.4. The molecule has 2 bridgehead atoms. The number of carbonyl (C=O) groups excluding carboxylic acids is 1. The van der Waals surface area contributed by atoms with Gasteiger partial charge in [-0.1, -0.05) is 19.9 Å². The van der Waals surface area contributed by atoms with Crippen molar-refractivity contribution in [3.8, 4) is 0 Å². The standard InChI is InChI=1S/C56H90O32/c1-20-12-55-10-6-27-53(2,8-5-9-54(27,3)52(75)87-50-44(85-46-38(71)29(62)21(61)17-77-46)42(33(66)24(15-59)80-50)83-47-39(72)35(68)30(63)22(13-57)78-47)28(55)7-11-56(20,19-55)88-51-45(86-48-40(73)36(69)31(64)23(14-58)79-48)43(34(67)25(16-60)81-51)84-49-41(74)37(70)32(65)26(82-49)18-76-4/h21-51,57-74H,1,5-19H2,2-4H3/t21?,22?,23?,24?,25?,26?,27?,28-,29?,30?,31?,32?,33?,34?,35?,36?,37?,38?,39?,40?,41?,42?,43?,44?,45?,46?,47?,48?,49?,50?,51?,53+,54+,55+,56-/m0/s1. The topological polar surface area (TPSA) is 501 Å². The molecule has 10 aliphatic rings. The van der Waals surface area contributed by atoms with Crippen LogP contribution in [0.15, 0.2) is 12.2 Å². The number of aliphatic hydroxyl groups excluding tert-OH is 18. The van der Waals surface area contributed by atoms with Gasteiger partial charge in [-0.25, -0.2) is 0 Å². The Morgan fingerprint density at radius 1 is 0.500 bits per heavy atom. The predicted molar refractivity (Wildman–Crippen MR) is 283 cm³/mol. The van der Waals surface area contributed by atoms with E-state index >= 15 is 4.79 Å². The van der Waals surface area contributed by atoms with Gasteiger partial charge in [-0.3, -0.25) is 4.79 Å². The maximum absolute atomic E-state index is 15.3. The van der Waals surface area contributed by atoms with Crippen LogP contribution < -0.4 is 0 Å². The SMILES string of the molecule is C=C1C[C@@]23CCC4[C@](C)(C(=O)OC5OC(CO)C(O)C(OC6OC(CO)C(O)C(O)C6O)C5OC5OCC(O)C(O)C5O)CCC[C@@]4(C)[C@@H]2CC[C@]1(OC1OC(CO)C(O)C(OC2OC(COC)C(O)C(O)C2O)C1OC1OC(CO)C(O)C(O)C1O)C3. The summed E-state index contributed by atoms with van der Waals surface area (Å²) in [6, 6.07) is 0. The van der Waals surface area contributed by atoms with E-state index in [1.807, 2.05) is 0 Å². The van der Waals surface area contributed by atoms with Crippen LogP contribution in [0.3, 0.4) is 0 Å². The molecule has 35 atom stereocenters. The summed E-state index contributed by atoms with van der Waals surface area (Å²) in [5.41, 5.74) is -3.06. The van der Waals surface area contributed by atoms with Crippen molar-refractivity contribution in [2.75, 3.05) is 46.8 Å². The first kappa shape index (κ1) is 68.9. The molecular formula is C56H90O32. The Labute approximate surface area is 505 Å². The monoisotopic (exact) mass is 1270 g/mol. The molecule has 6 saturated heterocycles.